The van der Waals surface area contributed by atoms with Gasteiger partial charge in [0.15, 0.2) is 0 Å². The average Bonchev–Trinajstić information content (AvgIpc) is 3.38. The Balaban J connectivity index is 1.53. The largest absolute Gasteiger partial charge is 0.466 e. The molecule has 5 nitrogen and oxygen atoms in total. The molecule has 0 saturated heterocycles. The van der Waals surface area contributed by atoms with E-state index in [9.17, 15) is 0 Å². The van der Waals surface area contributed by atoms with Gasteiger partial charge in [-0.3, -0.25) is 5.32 Å². The summed E-state index contributed by atoms with van der Waals surface area (Å²) in [6.07, 6.45) is 0. The van der Waals surface area contributed by atoms with Gasteiger partial charge in [-0.2, -0.15) is 0 Å². The number of furan rings is 1. The van der Waals surface area contributed by atoms with Gasteiger partial charge in [-0.1, -0.05) is 36.4 Å². The maximum Gasteiger partial charge on any atom is 0.251 e. The van der Waals surface area contributed by atoms with Gasteiger partial charge in [0.1, 0.15) is 11.5 Å². The standard InChI is InChI=1S/C20H19N3O2S/c1-13-11-16(14(2)24-13)20-23-22-18(25-20)12-21-19(17-9-6-10-26-17)15-7-4-3-5-8-15/h3-11,19,21H,12H2,1-2H3/t19-/m0/s1. The summed E-state index contributed by atoms with van der Waals surface area (Å²) in [4.78, 5) is 1.25. The zero-order valence-electron chi connectivity index (χ0n) is 14.6. The molecule has 0 spiro atoms. The number of thiophene rings is 1. The van der Waals surface area contributed by atoms with Gasteiger partial charge in [0, 0.05) is 4.88 Å². The van der Waals surface area contributed by atoms with E-state index in [0.29, 0.717) is 18.3 Å². The monoisotopic (exact) mass is 365 g/mol. The lowest BCUT2D eigenvalue weighted by Crippen LogP contribution is -2.21. The fourth-order valence-corrected chi connectivity index (χ4v) is 3.78. The molecule has 6 heteroatoms. The van der Waals surface area contributed by atoms with Gasteiger partial charge in [0.2, 0.25) is 5.89 Å². The van der Waals surface area contributed by atoms with Gasteiger partial charge < -0.3 is 8.83 Å². The van der Waals surface area contributed by atoms with E-state index in [-0.39, 0.29) is 6.04 Å². The molecule has 4 aromatic rings. The van der Waals surface area contributed by atoms with E-state index >= 15 is 0 Å². The van der Waals surface area contributed by atoms with E-state index in [0.717, 1.165) is 17.1 Å². The molecule has 3 heterocycles. The first-order valence-electron chi connectivity index (χ1n) is 8.42. The number of rotatable bonds is 6. The van der Waals surface area contributed by atoms with Crippen LogP contribution in [0.3, 0.4) is 0 Å². The number of aryl methyl sites for hydroxylation is 2. The van der Waals surface area contributed by atoms with Crippen LogP contribution < -0.4 is 5.32 Å². The van der Waals surface area contributed by atoms with Gasteiger partial charge in [0.05, 0.1) is 18.2 Å². The summed E-state index contributed by atoms with van der Waals surface area (Å²) in [5, 5.41) is 13.9. The second kappa shape index (κ2) is 7.27. The minimum absolute atomic E-state index is 0.0875. The molecule has 0 radical (unpaired) electrons. The number of hydrogen-bond acceptors (Lipinski definition) is 6. The molecular weight excluding hydrogens is 346 g/mol. The quantitative estimate of drug-likeness (QED) is 0.527. The minimum Gasteiger partial charge on any atom is -0.466 e. The summed E-state index contributed by atoms with van der Waals surface area (Å²) in [6.45, 7) is 4.29. The van der Waals surface area contributed by atoms with Crippen molar-refractivity contribution in [2.24, 2.45) is 0 Å². The van der Waals surface area contributed by atoms with Crippen molar-refractivity contribution in [3.8, 4) is 11.5 Å². The molecule has 0 amide bonds. The van der Waals surface area contributed by atoms with Crippen LogP contribution in [0.2, 0.25) is 0 Å². The van der Waals surface area contributed by atoms with E-state index < -0.39 is 0 Å². The molecular formula is C20H19N3O2S. The highest BCUT2D eigenvalue weighted by Crippen LogP contribution is 2.28. The second-order valence-corrected chi connectivity index (χ2v) is 7.05. The molecule has 26 heavy (non-hydrogen) atoms. The lowest BCUT2D eigenvalue weighted by molar-refractivity contribution is 0.461. The molecule has 0 saturated carbocycles. The molecule has 1 atom stereocenters. The van der Waals surface area contributed by atoms with Crippen LogP contribution in [-0.4, -0.2) is 10.2 Å². The number of benzene rings is 1. The van der Waals surface area contributed by atoms with Gasteiger partial charge in [-0.15, -0.1) is 21.5 Å². The molecule has 3 aromatic heterocycles. The van der Waals surface area contributed by atoms with Crippen LogP contribution in [0.5, 0.6) is 0 Å². The Kier molecular flexibility index (Phi) is 4.69. The van der Waals surface area contributed by atoms with Crippen molar-refractivity contribution < 1.29 is 8.83 Å². The first kappa shape index (κ1) is 16.8. The number of nitrogens with zero attached hydrogens (tertiary/aromatic N) is 2. The van der Waals surface area contributed by atoms with Crippen molar-refractivity contribution in [2.75, 3.05) is 0 Å². The van der Waals surface area contributed by atoms with E-state index in [2.05, 4.69) is 45.2 Å². The third kappa shape index (κ3) is 3.47. The number of hydrogen-bond donors (Lipinski definition) is 1. The minimum atomic E-state index is 0.0875. The third-order valence-corrected chi connectivity index (χ3v) is 5.09. The van der Waals surface area contributed by atoms with Crippen molar-refractivity contribution >= 4 is 11.3 Å². The first-order chi connectivity index (χ1) is 12.7. The second-order valence-electron chi connectivity index (χ2n) is 6.07. The fraction of sp³-hybridized carbons (Fsp3) is 0.200. The molecule has 0 unspecified atom stereocenters. The molecule has 0 fully saturated rings. The number of aromatic nitrogens is 2. The van der Waals surface area contributed by atoms with Crippen LogP contribution in [-0.2, 0) is 6.54 Å². The lowest BCUT2D eigenvalue weighted by Gasteiger charge is -2.16. The Morgan fingerprint density at radius 3 is 2.58 bits per heavy atom. The summed E-state index contributed by atoms with van der Waals surface area (Å²) in [7, 11) is 0. The van der Waals surface area contributed by atoms with E-state index in [4.69, 9.17) is 8.83 Å². The normalized spacial score (nSPS) is 12.4. The SMILES string of the molecule is Cc1cc(-c2nnc(CN[C@@H](c3ccccc3)c3cccs3)o2)c(C)o1. The topological polar surface area (TPSA) is 64.1 Å². The highest BCUT2D eigenvalue weighted by atomic mass is 32.1. The van der Waals surface area contributed by atoms with Gasteiger partial charge in [-0.05, 0) is 36.9 Å². The molecule has 1 aromatic carbocycles. The summed E-state index contributed by atoms with van der Waals surface area (Å²) in [5.41, 5.74) is 2.05. The Morgan fingerprint density at radius 2 is 1.88 bits per heavy atom. The third-order valence-electron chi connectivity index (χ3n) is 4.16. The Hall–Kier alpha value is -2.70. The summed E-state index contributed by atoms with van der Waals surface area (Å²) in [5.74, 6) is 2.66. The number of nitrogens with one attached hydrogen (secondary N) is 1. The molecule has 4 rings (SSSR count). The van der Waals surface area contributed by atoms with Gasteiger partial charge >= 0.3 is 0 Å². The maximum absolute atomic E-state index is 5.83. The molecule has 0 aliphatic carbocycles. The zero-order chi connectivity index (χ0) is 17.9. The smallest absolute Gasteiger partial charge is 0.251 e. The lowest BCUT2D eigenvalue weighted by atomic mass is 10.1. The molecule has 1 N–H and O–H groups in total. The van der Waals surface area contributed by atoms with Crippen LogP contribution in [0.4, 0.5) is 0 Å². The van der Waals surface area contributed by atoms with Crippen molar-refractivity contribution in [1.82, 2.24) is 15.5 Å². The van der Waals surface area contributed by atoms with E-state index in [1.807, 2.05) is 38.1 Å². The predicted octanol–water partition coefficient (Wildman–Crippen LogP) is 4.89. The predicted molar refractivity (Wildman–Crippen MR) is 101 cm³/mol. The Labute approximate surface area is 155 Å². The van der Waals surface area contributed by atoms with Crippen LogP contribution in [0.25, 0.3) is 11.5 Å². The van der Waals surface area contributed by atoms with Crippen LogP contribution in [0.15, 0.2) is 62.7 Å². The van der Waals surface area contributed by atoms with Crippen LogP contribution >= 0.6 is 11.3 Å². The molecule has 0 aliphatic heterocycles. The van der Waals surface area contributed by atoms with Crippen LogP contribution in [0.1, 0.15) is 33.9 Å². The maximum atomic E-state index is 5.83. The molecule has 0 bridgehead atoms. The van der Waals surface area contributed by atoms with E-state index in [1.54, 1.807) is 11.3 Å². The van der Waals surface area contributed by atoms with E-state index in [1.165, 1.54) is 10.4 Å². The van der Waals surface area contributed by atoms with Crippen molar-refractivity contribution in [3.63, 3.8) is 0 Å². The van der Waals surface area contributed by atoms with Gasteiger partial charge in [-0.25, -0.2) is 0 Å². The zero-order valence-corrected chi connectivity index (χ0v) is 15.4. The highest BCUT2D eigenvalue weighted by molar-refractivity contribution is 7.10. The average molecular weight is 365 g/mol. The van der Waals surface area contributed by atoms with Crippen molar-refractivity contribution in [2.45, 2.75) is 26.4 Å². The fourth-order valence-electron chi connectivity index (χ4n) is 2.95. The molecule has 132 valence electrons. The molecule has 0 aliphatic rings. The van der Waals surface area contributed by atoms with Crippen LogP contribution in [0, 0.1) is 13.8 Å². The summed E-state index contributed by atoms with van der Waals surface area (Å²) >= 11 is 1.73. The van der Waals surface area contributed by atoms with Crippen molar-refractivity contribution in [1.29, 1.82) is 0 Å². The summed E-state index contributed by atoms with van der Waals surface area (Å²) in [6, 6.07) is 16.6. The Morgan fingerprint density at radius 1 is 1.04 bits per heavy atom. The first-order valence-corrected chi connectivity index (χ1v) is 9.30. The van der Waals surface area contributed by atoms with Gasteiger partial charge in [0.25, 0.3) is 5.89 Å². The summed E-state index contributed by atoms with van der Waals surface area (Å²) < 4.78 is 11.4. The highest BCUT2D eigenvalue weighted by Gasteiger charge is 2.18. The Bertz CT molecular complexity index is 974. The van der Waals surface area contributed by atoms with Crippen molar-refractivity contribution in [3.05, 3.63) is 81.8 Å².